The molecule has 1 amide bonds. The van der Waals surface area contributed by atoms with Crippen LogP contribution in [0.25, 0.3) is 5.76 Å². The standard InChI is InChI=1S/C30H25Cl2N3O4S2/c1-2-3-14-39-22-11-7-10-19(15-22)25-24(26(36)18-8-5-4-6-9-18)27(37)28(38)35(25)29-33-34-30(41-29)40-17-20-12-13-21(31)16-23(20)32/h4-13,15-16,25,36H,2-3,14,17H2,1H3/b26-24+. The van der Waals surface area contributed by atoms with Gasteiger partial charge in [0.15, 0.2) is 4.34 Å². The topological polar surface area (TPSA) is 92.6 Å². The zero-order valence-corrected chi connectivity index (χ0v) is 25.1. The lowest BCUT2D eigenvalue weighted by Crippen LogP contribution is -2.29. The minimum absolute atomic E-state index is 0.0238. The molecule has 1 aliphatic heterocycles. The molecule has 1 N–H and O–H groups in total. The number of carbonyl (C=O) groups excluding carboxylic acids is 2. The van der Waals surface area contributed by atoms with Crippen molar-refractivity contribution >= 4 is 68.9 Å². The first kappa shape index (κ1) is 29.1. The highest BCUT2D eigenvalue weighted by molar-refractivity contribution is 8.00. The number of amides is 1. The Kier molecular flexibility index (Phi) is 9.29. The van der Waals surface area contributed by atoms with E-state index in [2.05, 4.69) is 17.1 Å². The van der Waals surface area contributed by atoms with E-state index in [0.29, 0.717) is 43.6 Å². The van der Waals surface area contributed by atoms with Crippen LogP contribution in [0.1, 0.15) is 42.5 Å². The van der Waals surface area contributed by atoms with E-state index in [4.69, 9.17) is 27.9 Å². The van der Waals surface area contributed by atoms with Crippen molar-refractivity contribution < 1.29 is 19.4 Å². The average molecular weight is 627 g/mol. The number of ether oxygens (including phenoxy) is 1. The first-order valence-electron chi connectivity index (χ1n) is 12.9. The fraction of sp³-hybridized carbons (Fsp3) is 0.200. The molecule has 5 rings (SSSR count). The quantitative estimate of drug-likeness (QED) is 0.0477. The third kappa shape index (κ3) is 6.43. The highest BCUT2D eigenvalue weighted by atomic mass is 35.5. The predicted octanol–water partition coefficient (Wildman–Crippen LogP) is 7.94. The van der Waals surface area contributed by atoms with Gasteiger partial charge in [0.05, 0.1) is 18.2 Å². The van der Waals surface area contributed by atoms with Gasteiger partial charge >= 0.3 is 5.91 Å². The van der Waals surface area contributed by atoms with Gasteiger partial charge in [0, 0.05) is 21.4 Å². The maximum atomic E-state index is 13.5. The Morgan fingerprint density at radius 1 is 1.05 bits per heavy atom. The number of aromatic nitrogens is 2. The second-order valence-electron chi connectivity index (χ2n) is 9.18. The molecule has 1 unspecified atom stereocenters. The van der Waals surface area contributed by atoms with E-state index in [1.54, 1.807) is 54.6 Å². The number of unbranched alkanes of at least 4 members (excludes halogenated alkanes) is 1. The van der Waals surface area contributed by atoms with Gasteiger partial charge in [0.25, 0.3) is 5.78 Å². The molecular formula is C30H25Cl2N3O4S2. The number of rotatable bonds is 10. The molecule has 11 heteroatoms. The number of anilines is 1. The van der Waals surface area contributed by atoms with Crippen LogP contribution >= 0.6 is 46.3 Å². The van der Waals surface area contributed by atoms with Crippen LogP contribution in [0.4, 0.5) is 5.13 Å². The number of hydrogen-bond acceptors (Lipinski definition) is 8. The van der Waals surface area contributed by atoms with Crippen molar-refractivity contribution in [3.63, 3.8) is 0 Å². The number of ketones is 1. The van der Waals surface area contributed by atoms with Crippen LogP contribution in [0, 0.1) is 0 Å². The normalized spacial score (nSPS) is 16.4. The maximum Gasteiger partial charge on any atom is 0.301 e. The molecule has 210 valence electrons. The second-order valence-corrected chi connectivity index (χ2v) is 12.2. The fourth-order valence-corrected chi connectivity index (χ4v) is 6.77. The van der Waals surface area contributed by atoms with E-state index in [1.165, 1.54) is 28.0 Å². The Balaban J connectivity index is 1.52. The summed E-state index contributed by atoms with van der Waals surface area (Å²) < 4.78 is 6.49. The first-order chi connectivity index (χ1) is 19.9. The monoisotopic (exact) mass is 625 g/mol. The Labute approximate surface area is 255 Å². The smallest absolute Gasteiger partial charge is 0.301 e. The van der Waals surface area contributed by atoms with Gasteiger partial charge in [-0.3, -0.25) is 14.5 Å². The average Bonchev–Trinajstić information content (AvgIpc) is 3.55. The molecule has 0 aliphatic carbocycles. The van der Waals surface area contributed by atoms with E-state index in [0.717, 1.165) is 18.4 Å². The molecule has 1 fully saturated rings. The number of hydrogen-bond donors (Lipinski definition) is 1. The lowest BCUT2D eigenvalue weighted by Gasteiger charge is -2.23. The van der Waals surface area contributed by atoms with Crippen molar-refractivity contribution in [1.82, 2.24) is 10.2 Å². The van der Waals surface area contributed by atoms with E-state index >= 15 is 0 Å². The molecule has 4 aromatic rings. The number of halogens is 2. The van der Waals surface area contributed by atoms with Gasteiger partial charge in [0.2, 0.25) is 5.13 Å². The zero-order valence-electron chi connectivity index (χ0n) is 21.9. The van der Waals surface area contributed by atoms with Crippen LogP contribution in [-0.4, -0.2) is 33.6 Å². The summed E-state index contributed by atoms with van der Waals surface area (Å²) in [6.45, 7) is 2.62. The number of Topliss-reactive ketones (excluding diaryl/α,β-unsaturated/α-hetero) is 1. The molecule has 7 nitrogen and oxygen atoms in total. The Bertz CT molecular complexity index is 1610. The maximum absolute atomic E-state index is 13.5. The van der Waals surface area contributed by atoms with E-state index in [9.17, 15) is 14.7 Å². The van der Waals surface area contributed by atoms with Crippen molar-refractivity contribution in [2.24, 2.45) is 0 Å². The number of thioether (sulfide) groups is 1. The van der Waals surface area contributed by atoms with E-state index in [1.807, 2.05) is 18.2 Å². The number of aliphatic hydroxyl groups is 1. The molecule has 1 aromatic heterocycles. The Morgan fingerprint density at radius 2 is 1.85 bits per heavy atom. The number of carbonyl (C=O) groups is 2. The summed E-state index contributed by atoms with van der Waals surface area (Å²) in [5.41, 5.74) is 1.89. The summed E-state index contributed by atoms with van der Waals surface area (Å²) in [4.78, 5) is 28.3. The molecule has 0 saturated carbocycles. The predicted molar refractivity (Wildman–Crippen MR) is 164 cm³/mol. The van der Waals surface area contributed by atoms with Crippen LogP contribution in [0.2, 0.25) is 10.0 Å². The van der Waals surface area contributed by atoms with Gasteiger partial charge in [-0.2, -0.15) is 0 Å². The van der Waals surface area contributed by atoms with E-state index < -0.39 is 17.7 Å². The Morgan fingerprint density at radius 3 is 2.61 bits per heavy atom. The third-order valence-electron chi connectivity index (χ3n) is 6.40. The molecule has 3 aromatic carbocycles. The van der Waals surface area contributed by atoms with Crippen LogP contribution in [-0.2, 0) is 15.3 Å². The molecular weight excluding hydrogens is 601 g/mol. The Hall–Kier alpha value is -3.37. The first-order valence-corrected chi connectivity index (χ1v) is 15.4. The van der Waals surface area contributed by atoms with E-state index in [-0.39, 0.29) is 16.5 Å². The molecule has 1 atom stereocenters. The van der Waals surface area contributed by atoms with Gasteiger partial charge in [-0.25, -0.2) is 0 Å². The SMILES string of the molecule is CCCCOc1cccc(C2/C(=C(\O)c3ccccc3)C(=O)C(=O)N2c2nnc(SCc3ccc(Cl)cc3Cl)s2)c1. The minimum Gasteiger partial charge on any atom is -0.507 e. The molecule has 0 radical (unpaired) electrons. The van der Waals surface area contributed by atoms with Crippen molar-refractivity contribution in [2.75, 3.05) is 11.5 Å². The van der Waals surface area contributed by atoms with Gasteiger partial charge in [-0.15, -0.1) is 10.2 Å². The van der Waals surface area contributed by atoms with Crippen molar-refractivity contribution in [3.05, 3.63) is 105 Å². The van der Waals surface area contributed by atoms with Gasteiger partial charge in [0.1, 0.15) is 11.5 Å². The molecule has 0 bridgehead atoms. The molecule has 2 heterocycles. The second kappa shape index (κ2) is 13.1. The summed E-state index contributed by atoms with van der Waals surface area (Å²) in [5, 5.41) is 21.2. The van der Waals surface area contributed by atoms with Crippen molar-refractivity contribution in [1.29, 1.82) is 0 Å². The van der Waals surface area contributed by atoms with Gasteiger partial charge < -0.3 is 9.84 Å². The zero-order chi connectivity index (χ0) is 28.9. The highest BCUT2D eigenvalue weighted by Crippen LogP contribution is 2.44. The number of nitrogens with zero attached hydrogens (tertiary/aromatic N) is 3. The lowest BCUT2D eigenvalue weighted by molar-refractivity contribution is -0.132. The summed E-state index contributed by atoms with van der Waals surface area (Å²) in [6, 6.07) is 20.3. The molecule has 1 saturated heterocycles. The molecule has 41 heavy (non-hydrogen) atoms. The molecule has 1 aliphatic rings. The summed E-state index contributed by atoms with van der Waals surface area (Å²) in [6.07, 6.45) is 1.88. The van der Waals surface area contributed by atoms with Gasteiger partial charge in [-0.05, 0) is 41.8 Å². The lowest BCUT2D eigenvalue weighted by atomic mass is 9.95. The van der Waals surface area contributed by atoms with Crippen LogP contribution in [0.15, 0.2) is 82.7 Å². The number of benzene rings is 3. The minimum atomic E-state index is -0.929. The molecule has 0 spiro atoms. The van der Waals surface area contributed by atoms with Crippen molar-refractivity contribution in [3.8, 4) is 5.75 Å². The van der Waals surface area contributed by atoms with Crippen molar-refractivity contribution in [2.45, 2.75) is 35.9 Å². The number of aliphatic hydroxyl groups excluding tert-OH is 1. The summed E-state index contributed by atoms with van der Waals surface area (Å²) in [7, 11) is 0. The van der Waals surface area contributed by atoms with Crippen LogP contribution < -0.4 is 9.64 Å². The fourth-order valence-electron chi connectivity index (χ4n) is 4.34. The highest BCUT2D eigenvalue weighted by Gasteiger charge is 2.48. The van der Waals surface area contributed by atoms with Crippen LogP contribution in [0.3, 0.4) is 0 Å². The summed E-state index contributed by atoms with van der Waals surface area (Å²) >= 11 is 14.9. The third-order valence-corrected chi connectivity index (χ3v) is 9.09. The summed E-state index contributed by atoms with van der Waals surface area (Å²) in [5.74, 6) is -0.734. The van der Waals surface area contributed by atoms with Crippen LogP contribution in [0.5, 0.6) is 5.75 Å². The largest absolute Gasteiger partial charge is 0.507 e. The van der Waals surface area contributed by atoms with Gasteiger partial charge in [-0.1, -0.05) is 108 Å².